The first-order valence-electron chi connectivity index (χ1n) is 6.59. The van der Waals surface area contributed by atoms with Gasteiger partial charge in [0.2, 0.25) is 0 Å². The van der Waals surface area contributed by atoms with Gasteiger partial charge in [0.1, 0.15) is 12.4 Å². The van der Waals surface area contributed by atoms with Crippen LogP contribution in [0, 0.1) is 10.1 Å². The summed E-state index contributed by atoms with van der Waals surface area (Å²) in [4.78, 5) is 21.6. The number of hydrogen-bond donors (Lipinski definition) is 0. The molecule has 0 bridgehead atoms. The molecular weight excluding hydrogens is 270 g/mol. The highest BCUT2D eigenvalue weighted by molar-refractivity contribution is 5.95. The molecule has 0 atom stereocenters. The number of nitro groups is 1. The summed E-state index contributed by atoms with van der Waals surface area (Å²) in [7, 11) is 0. The van der Waals surface area contributed by atoms with Crippen LogP contribution in [0.3, 0.4) is 0 Å². The minimum Gasteiger partial charge on any atom is -0.489 e. The van der Waals surface area contributed by atoms with Gasteiger partial charge in [0.15, 0.2) is 5.78 Å². The second-order valence-corrected chi connectivity index (χ2v) is 4.51. The van der Waals surface area contributed by atoms with Gasteiger partial charge in [-0.15, -0.1) is 0 Å². The number of benzene rings is 2. The van der Waals surface area contributed by atoms with Crippen molar-refractivity contribution < 1.29 is 14.5 Å². The highest BCUT2D eigenvalue weighted by atomic mass is 16.6. The maximum Gasteiger partial charge on any atom is 0.269 e. The van der Waals surface area contributed by atoms with Crippen LogP contribution in [0.2, 0.25) is 0 Å². The highest BCUT2D eigenvalue weighted by Gasteiger charge is 2.05. The number of nitro benzene ring substituents is 1. The van der Waals surface area contributed by atoms with Crippen molar-refractivity contribution in [1.82, 2.24) is 0 Å². The van der Waals surface area contributed by atoms with Gasteiger partial charge < -0.3 is 4.74 Å². The fraction of sp³-hybridized carbons (Fsp3) is 0.188. The summed E-state index contributed by atoms with van der Waals surface area (Å²) in [5.74, 6) is 0.748. The van der Waals surface area contributed by atoms with E-state index in [-0.39, 0.29) is 11.5 Å². The van der Waals surface area contributed by atoms with E-state index in [0.29, 0.717) is 24.3 Å². The third-order valence-electron chi connectivity index (χ3n) is 3.05. The van der Waals surface area contributed by atoms with E-state index in [1.165, 1.54) is 12.1 Å². The maximum absolute atomic E-state index is 11.5. The van der Waals surface area contributed by atoms with Gasteiger partial charge >= 0.3 is 0 Å². The molecule has 0 unspecified atom stereocenters. The minimum atomic E-state index is -0.436. The molecule has 0 aromatic heterocycles. The van der Waals surface area contributed by atoms with Crippen molar-refractivity contribution >= 4 is 11.5 Å². The fourth-order valence-corrected chi connectivity index (χ4v) is 1.82. The zero-order valence-electron chi connectivity index (χ0n) is 11.6. The van der Waals surface area contributed by atoms with Crippen molar-refractivity contribution in [2.24, 2.45) is 0 Å². The highest BCUT2D eigenvalue weighted by Crippen LogP contribution is 2.17. The smallest absolute Gasteiger partial charge is 0.269 e. The molecule has 0 aliphatic heterocycles. The van der Waals surface area contributed by atoms with Gasteiger partial charge in [0, 0.05) is 24.1 Å². The fourth-order valence-electron chi connectivity index (χ4n) is 1.82. The molecule has 2 rings (SSSR count). The Morgan fingerprint density at radius 2 is 1.71 bits per heavy atom. The molecule has 0 saturated heterocycles. The van der Waals surface area contributed by atoms with E-state index in [0.717, 1.165) is 5.56 Å². The normalized spacial score (nSPS) is 10.1. The van der Waals surface area contributed by atoms with E-state index in [1.807, 2.05) is 6.92 Å². The Kier molecular flexibility index (Phi) is 4.66. The first-order chi connectivity index (χ1) is 10.1. The zero-order chi connectivity index (χ0) is 15.2. The molecule has 108 valence electrons. The molecule has 0 spiro atoms. The lowest BCUT2D eigenvalue weighted by Crippen LogP contribution is -1.98. The van der Waals surface area contributed by atoms with Gasteiger partial charge in [-0.05, 0) is 42.0 Å². The predicted molar refractivity (Wildman–Crippen MR) is 78.5 cm³/mol. The maximum atomic E-state index is 11.5. The summed E-state index contributed by atoms with van der Waals surface area (Å²) in [6.07, 6.45) is 0.475. The van der Waals surface area contributed by atoms with E-state index in [2.05, 4.69) is 0 Å². The summed E-state index contributed by atoms with van der Waals surface area (Å²) in [5.41, 5.74) is 1.57. The number of rotatable bonds is 6. The first kappa shape index (κ1) is 14.7. The van der Waals surface area contributed by atoms with E-state index >= 15 is 0 Å². The van der Waals surface area contributed by atoms with Crippen LogP contribution < -0.4 is 4.74 Å². The van der Waals surface area contributed by atoms with Gasteiger partial charge in [-0.1, -0.05) is 6.92 Å². The first-order valence-corrected chi connectivity index (χ1v) is 6.59. The number of ether oxygens (including phenoxy) is 1. The molecular formula is C16H15NO4. The topological polar surface area (TPSA) is 69.4 Å². The number of ketones is 1. The molecule has 0 aliphatic carbocycles. The summed E-state index contributed by atoms with van der Waals surface area (Å²) < 4.78 is 5.58. The number of carbonyl (C=O) groups is 1. The molecule has 5 nitrogen and oxygen atoms in total. The van der Waals surface area contributed by atoms with Crippen LogP contribution in [0.25, 0.3) is 0 Å². The van der Waals surface area contributed by atoms with Crippen LogP contribution in [0.4, 0.5) is 5.69 Å². The third-order valence-corrected chi connectivity index (χ3v) is 3.05. The van der Waals surface area contributed by atoms with Crippen LogP contribution in [-0.2, 0) is 6.61 Å². The van der Waals surface area contributed by atoms with Crippen LogP contribution >= 0.6 is 0 Å². The zero-order valence-corrected chi connectivity index (χ0v) is 11.6. The predicted octanol–water partition coefficient (Wildman–Crippen LogP) is 3.77. The van der Waals surface area contributed by atoms with E-state index in [1.54, 1.807) is 36.4 Å². The Hall–Kier alpha value is -2.69. The van der Waals surface area contributed by atoms with Crippen molar-refractivity contribution in [2.45, 2.75) is 20.0 Å². The monoisotopic (exact) mass is 285 g/mol. The van der Waals surface area contributed by atoms with E-state index in [9.17, 15) is 14.9 Å². The van der Waals surface area contributed by atoms with Gasteiger partial charge in [-0.3, -0.25) is 14.9 Å². The molecule has 0 heterocycles. The average molecular weight is 285 g/mol. The number of nitrogens with zero attached hydrogens (tertiary/aromatic N) is 1. The van der Waals surface area contributed by atoms with Crippen LogP contribution in [0.5, 0.6) is 5.75 Å². The van der Waals surface area contributed by atoms with Crippen molar-refractivity contribution in [3.63, 3.8) is 0 Å². The Morgan fingerprint density at radius 1 is 1.10 bits per heavy atom. The van der Waals surface area contributed by atoms with E-state index < -0.39 is 4.92 Å². The van der Waals surface area contributed by atoms with Gasteiger partial charge in [0.05, 0.1) is 4.92 Å². The Balaban J connectivity index is 1.96. The molecule has 5 heteroatoms. The summed E-state index contributed by atoms with van der Waals surface area (Å²) in [6.45, 7) is 2.14. The Bertz CT molecular complexity index is 632. The van der Waals surface area contributed by atoms with Crippen molar-refractivity contribution in [1.29, 1.82) is 0 Å². The lowest BCUT2D eigenvalue weighted by Gasteiger charge is -2.07. The van der Waals surface area contributed by atoms with Gasteiger partial charge in [-0.25, -0.2) is 0 Å². The lowest BCUT2D eigenvalue weighted by atomic mass is 10.1. The molecule has 2 aromatic carbocycles. The Labute approximate surface area is 122 Å². The quantitative estimate of drug-likeness (QED) is 0.460. The number of Topliss-reactive ketones (excluding diaryl/α,β-unsaturated/α-hetero) is 1. The molecule has 0 fully saturated rings. The summed E-state index contributed by atoms with van der Waals surface area (Å²) >= 11 is 0. The largest absolute Gasteiger partial charge is 0.489 e. The minimum absolute atomic E-state index is 0.0566. The SMILES string of the molecule is CCC(=O)c1ccc(OCc2ccc([N+](=O)[O-])cc2)cc1. The number of hydrogen-bond acceptors (Lipinski definition) is 4. The second-order valence-electron chi connectivity index (χ2n) is 4.51. The van der Waals surface area contributed by atoms with Gasteiger partial charge in [-0.2, -0.15) is 0 Å². The summed E-state index contributed by atoms with van der Waals surface area (Å²) in [6, 6.07) is 13.2. The van der Waals surface area contributed by atoms with E-state index in [4.69, 9.17) is 4.74 Å². The van der Waals surface area contributed by atoms with Gasteiger partial charge in [0.25, 0.3) is 5.69 Å². The summed E-state index contributed by atoms with van der Waals surface area (Å²) in [5, 5.41) is 10.6. The van der Waals surface area contributed by atoms with Crippen LogP contribution in [0.15, 0.2) is 48.5 Å². The number of carbonyl (C=O) groups excluding carboxylic acids is 1. The van der Waals surface area contributed by atoms with Crippen molar-refractivity contribution in [3.05, 3.63) is 69.8 Å². The Morgan fingerprint density at radius 3 is 2.24 bits per heavy atom. The average Bonchev–Trinajstić information content (AvgIpc) is 2.53. The molecule has 0 saturated carbocycles. The third kappa shape index (κ3) is 3.89. The standard InChI is InChI=1S/C16H15NO4/c1-2-16(18)13-5-9-15(10-6-13)21-11-12-3-7-14(8-4-12)17(19)20/h3-10H,2,11H2,1H3. The molecule has 0 N–H and O–H groups in total. The second kappa shape index (κ2) is 6.65. The van der Waals surface area contributed by atoms with Crippen LogP contribution in [-0.4, -0.2) is 10.7 Å². The molecule has 0 radical (unpaired) electrons. The molecule has 21 heavy (non-hydrogen) atoms. The number of non-ortho nitro benzene ring substituents is 1. The van der Waals surface area contributed by atoms with Crippen molar-refractivity contribution in [2.75, 3.05) is 0 Å². The molecule has 0 aliphatic rings. The van der Waals surface area contributed by atoms with Crippen molar-refractivity contribution in [3.8, 4) is 5.75 Å². The van der Waals surface area contributed by atoms with Crippen LogP contribution in [0.1, 0.15) is 29.3 Å². The molecule has 2 aromatic rings. The lowest BCUT2D eigenvalue weighted by molar-refractivity contribution is -0.384. The molecule has 0 amide bonds.